The lowest BCUT2D eigenvalue weighted by atomic mass is 9.86. The number of carbonyl (C=O) groups excluding carboxylic acids is 2. The number of hydrogen-bond acceptors (Lipinski definition) is 6. The molecule has 3 atom stereocenters. The molecular weight excluding hydrogens is 338 g/mol. The molecule has 2 N–H and O–H groups in total. The number of benzene rings is 1. The van der Waals surface area contributed by atoms with Gasteiger partial charge in [-0.05, 0) is 37.8 Å². The van der Waals surface area contributed by atoms with Crippen molar-refractivity contribution < 1.29 is 19.2 Å². The molecule has 1 fully saturated rings. The predicted octanol–water partition coefficient (Wildman–Crippen LogP) is 2.88. The molecule has 2 rings (SSSR count). The number of hydrogen-bond donors (Lipinski definition) is 2. The first-order valence-corrected chi connectivity index (χ1v) is 8.81. The number of nitrogens with one attached hydrogen (secondary N) is 2. The minimum atomic E-state index is -0.973. The summed E-state index contributed by atoms with van der Waals surface area (Å²) < 4.78 is 5.19. The van der Waals surface area contributed by atoms with Crippen molar-refractivity contribution in [3.8, 4) is 0 Å². The van der Waals surface area contributed by atoms with E-state index in [0.717, 1.165) is 25.3 Å². The minimum Gasteiger partial charge on any atom is -0.449 e. The van der Waals surface area contributed by atoms with Crippen LogP contribution in [-0.4, -0.2) is 36.0 Å². The fraction of sp³-hybridized carbons (Fsp3) is 0.556. The average molecular weight is 363 g/mol. The van der Waals surface area contributed by atoms with Gasteiger partial charge in [0.05, 0.1) is 10.5 Å². The Morgan fingerprint density at radius 2 is 2.00 bits per heavy atom. The Labute approximate surface area is 152 Å². The molecule has 1 aliphatic rings. The summed E-state index contributed by atoms with van der Waals surface area (Å²) in [5.74, 6) is -0.721. The molecule has 0 saturated heterocycles. The standard InChI is InChI=1S/C18H25N3O5/c1-11-6-4-5-7-14(11)20-17(22)12(2)26-18(23)13-8-9-15(19-3)16(10-13)21(24)25/h8-12,14,19H,4-7H2,1-3H3,(H,20,22)/t11-,12-,14+/m1/s1. The zero-order valence-corrected chi connectivity index (χ0v) is 15.3. The van der Waals surface area contributed by atoms with Gasteiger partial charge < -0.3 is 15.4 Å². The molecule has 0 unspecified atom stereocenters. The Balaban J connectivity index is 2.01. The summed E-state index contributed by atoms with van der Waals surface area (Å²) in [6.45, 7) is 3.60. The monoisotopic (exact) mass is 363 g/mol. The number of amides is 1. The summed E-state index contributed by atoms with van der Waals surface area (Å²) >= 11 is 0. The van der Waals surface area contributed by atoms with E-state index in [4.69, 9.17) is 4.74 Å². The molecule has 1 saturated carbocycles. The van der Waals surface area contributed by atoms with E-state index in [1.54, 1.807) is 7.05 Å². The van der Waals surface area contributed by atoms with Crippen LogP contribution in [0.3, 0.4) is 0 Å². The van der Waals surface area contributed by atoms with Gasteiger partial charge in [-0.1, -0.05) is 19.8 Å². The van der Waals surface area contributed by atoms with Crippen molar-refractivity contribution >= 4 is 23.3 Å². The molecule has 0 spiro atoms. The zero-order valence-electron chi connectivity index (χ0n) is 15.3. The molecule has 1 aromatic rings. The van der Waals surface area contributed by atoms with Gasteiger partial charge in [-0.3, -0.25) is 14.9 Å². The third kappa shape index (κ3) is 4.71. The Morgan fingerprint density at radius 3 is 2.62 bits per heavy atom. The van der Waals surface area contributed by atoms with Crippen molar-refractivity contribution in [2.24, 2.45) is 5.92 Å². The van der Waals surface area contributed by atoms with Crippen LogP contribution in [0.25, 0.3) is 0 Å². The van der Waals surface area contributed by atoms with Crippen LogP contribution < -0.4 is 10.6 Å². The van der Waals surface area contributed by atoms with Crippen LogP contribution in [0.2, 0.25) is 0 Å². The third-order valence-corrected chi connectivity index (χ3v) is 4.79. The van der Waals surface area contributed by atoms with Gasteiger partial charge in [-0.2, -0.15) is 0 Å². The normalized spacial score (nSPS) is 20.7. The smallest absolute Gasteiger partial charge is 0.339 e. The third-order valence-electron chi connectivity index (χ3n) is 4.79. The van der Waals surface area contributed by atoms with Gasteiger partial charge in [0.15, 0.2) is 6.10 Å². The Morgan fingerprint density at radius 1 is 1.31 bits per heavy atom. The molecule has 1 aliphatic carbocycles. The fourth-order valence-corrected chi connectivity index (χ4v) is 3.13. The molecule has 1 amide bonds. The highest BCUT2D eigenvalue weighted by molar-refractivity contribution is 5.93. The van der Waals surface area contributed by atoms with E-state index in [1.165, 1.54) is 25.5 Å². The van der Waals surface area contributed by atoms with Crippen molar-refractivity contribution in [2.75, 3.05) is 12.4 Å². The van der Waals surface area contributed by atoms with Crippen molar-refractivity contribution in [1.29, 1.82) is 0 Å². The second kappa shape index (κ2) is 8.64. The SMILES string of the molecule is CNc1ccc(C(=O)O[C@H](C)C(=O)N[C@H]2CCCC[C@H]2C)cc1[N+](=O)[O-]. The van der Waals surface area contributed by atoms with Crippen molar-refractivity contribution in [2.45, 2.75) is 51.7 Å². The first-order valence-electron chi connectivity index (χ1n) is 8.81. The van der Waals surface area contributed by atoms with Crippen molar-refractivity contribution in [1.82, 2.24) is 5.32 Å². The van der Waals surface area contributed by atoms with Crippen LogP contribution >= 0.6 is 0 Å². The Kier molecular flexibility index (Phi) is 6.54. The minimum absolute atomic E-state index is 0.0291. The number of nitrogens with zero attached hydrogens (tertiary/aromatic N) is 1. The van der Waals surface area contributed by atoms with E-state index >= 15 is 0 Å². The lowest BCUT2D eigenvalue weighted by molar-refractivity contribution is -0.384. The molecule has 0 radical (unpaired) electrons. The average Bonchev–Trinajstić information content (AvgIpc) is 2.62. The molecule has 8 nitrogen and oxygen atoms in total. The number of rotatable bonds is 6. The number of ether oxygens (including phenoxy) is 1. The van der Waals surface area contributed by atoms with Crippen LogP contribution in [0.4, 0.5) is 11.4 Å². The maximum absolute atomic E-state index is 12.3. The highest BCUT2D eigenvalue weighted by Crippen LogP contribution is 2.26. The molecule has 1 aromatic carbocycles. The van der Waals surface area contributed by atoms with Gasteiger partial charge in [-0.15, -0.1) is 0 Å². The first kappa shape index (κ1) is 19.7. The van der Waals surface area contributed by atoms with Crippen LogP contribution in [0.5, 0.6) is 0 Å². The van der Waals surface area contributed by atoms with Gasteiger partial charge in [0.1, 0.15) is 5.69 Å². The molecular formula is C18H25N3O5. The lowest BCUT2D eigenvalue weighted by Crippen LogP contribution is -2.45. The topological polar surface area (TPSA) is 111 Å². The van der Waals surface area contributed by atoms with Crippen molar-refractivity contribution in [3.05, 3.63) is 33.9 Å². The van der Waals surface area contributed by atoms with Gasteiger partial charge in [-0.25, -0.2) is 4.79 Å². The molecule has 142 valence electrons. The Hall–Kier alpha value is -2.64. The number of esters is 1. The lowest BCUT2D eigenvalue weighted by Gasteiger charge is -2.30. The van der Waals surface area contributed by atoms with Gasteiger partial charge >= 0.3 is 5.97 Å². The van der Waals surface area contributed by atoms with E-state index in [-0.39, 0.29) is 23.2 Å². The predicted molar refractivity (Wildman–Crippen MR) is 97.1 cm³/mol. The number of anilines is 1. The van der Waals surface area contributed by atoms with Crippen LogP contribution in [0.15, 0.2) is 18.2 Å². The van der Waals surface area contributed by atoms with Gasteiger partial charge in [0.25, 0.3) is 11.6 Å². The summed E-state index contributed by atoms with van der Waals surface area (Å²) in [4.78, 5) is 35.0. The number of carbonyl (C=O) groups is 2. The van der Waals surface area contributed by atoms with E-state index in [0.29, 0.717) is 11.6 Å². The number of nitro groups is 1. The van der Waals surface area contributed by atoms with Crippen LogP contribution in [0, 0.1) is 16.0 Å². The Bertz CT molecular complexity index is 691. The summed E-state index contributed by atoms with van der Waals surface area (Å²) in [6.07, 6.45) is 3.26. The summed E-state index contributed by atoms with van der Waals surface area (Å²) in [5, 5.41) is 16.7. The summed E-state index contributed by atoms with van der Waals surface area (Å²) in [6, 6.07) is 4.09. The summed E-state index contributed by atoms with van der Waals surface area (Å²) in [5.41, 5.74) is 0.0973. The van der Waals surface area contributed by atoms with E-state index < -0.39 is 17.0 Å². The highest BCUT2D eigenvalue weighted by Gasteiger charge is 2.27. The van der Waals surface area contributed by atoms with Crippen LogP contribution in [0.1, 0.15) is 49.9 Å². The van der Waals surface area contributed by atoms with E-state index in [1.807, 2.05) is 0 Å². The highest BCUT2D eigenvalue weighted by atomic mass is 16.6. The van der Waals surface area contributed by atoms with Gasteiger partial charge in [0, 0.05) is 19.2 Å². The quantitative estimate of drug-likeness (QED) is 0.457. The molecule has 8 heteroatoms. The van der Waals surface area contributed by atoms with Gasteiger partial charge in [0.2, 0.25) is 0 Å². The fourth-order valence-electron chi connectivity index (χ4n) is 3.13. The summed E-state index contributed by atoms with van der Waals surface area (Å²) in [7, 11) is 1.55. The molecule has 0 heterocycles. The molecule has 26 heavy (non-hydrogen) atoms. The molecule has 0 aliphatic heterocycles. The molecule has 0 bridgehead atoms. The maximum atomic E-state index is 12.3. The maximum Gasteiger partial charge on any atom is 0.339 e. The van der Waals surface area contributed by atoms with E-state index in [9.17, 15) is 19.7 Å². The zero-order chi connectivity index (χ0) is 19.3. The second-order valence-corrected chi connectivity index (χ2v) is 6.66. The molecule has 0 aromatic heterocycles. The van der Waals surface area contributed by atoms with Crippen LogP contribution in [-0.2, 0) is 9.53 Å². The first-order chi connectivity index (χ1) is 12.3. The number of nitro benzene ring substituents is 1. The van der Waals surface area contributed by atoms with E-state index in [2.05, 4.69) is 17.6 Å². The van der Waals surface area contributed by atoms with Crippen molar-refractivity contribution in [3.63, 3.8) is 0 Å². The second-order valence-electron chi connectivity index (χ2n) is 6.66. The largest absolute Gasteiger partial charge is 0.449 e.